The van der Waals surface area contributed by atoms with Crippen LogP contribution in [0.25, 0.3) is 0 Å². The number of hydrogen-bond acceptors (Lipinski definition) is 2. The number of allylic oxidation sites excluding steroid dienone is 2. The molecular formula is C11H6BrFInNO. The van der Waals surface area contributed by atoms with Crippen molar-refractivity contribution in [3.8, 4) is 11.8 Å². The average Bonchev–Trinajstić information content (AvgIpc) is 2.55. The minimum atomic E-state index is -2.52. The van der Waals surface area contributed by atoms with Gasteiger partial charge in [-0.15, -0.1) is 0 Å². The van der Waals surface area contributed by atoms with Crippen molar-refractivity contribution in [2.24, 2.45) is 0 Å². The van der Waals surface area contributed by atoms with Crippen LogP contribution in [0.2, 0.25) is 0 Å². The molecule has 1 aliphatic heterocycles. The van der Waals surface area contributed by atoms with E-state index in [1.165, 1.54) is 0 Å². The van der Waals surface area contributed by atoms with Crippen LogP contribution in [0.5, 0.6) is 5.75 Å². The molecule has 0 aromatic heterocycles. The molecule has 78 valence electrons. The fraction of sp³-hybridized carbons (Fsp3) is 0. The molecule has 5 heteroatoms. The molecule has 1 aromatic carbocycles. The van der Waals surface area contributed by atoms with Crippen LogP contribution < -0.4 is 3.32 Å². The summed E-state index contributed by atoms with van der Waals surface area (Å²) in [5.74, 6) is -0.221. The molecule has 16 heavy (non-hydrogen) atoms. The van der Waals surface area contributed by atoms with E-state index in [0.29, 0.717) is 0 Å². The van der Waals surface area contributed by atoms with Gasteiger partial charge < -0.3 is 0 Å². The van der Waals surface area contributed by atoms with E-state index in [0.717, 1.165) is 5.56 Å². The number of nitriles is 1. The van der Waals surface area contributed by atoms with Gasteiger partial charge >= 0.3 is 109 Å². The predicted molar refractivity (Wildman–Crippen MR) is 64.3 cm³/mol. The maximum absolute atomic E-state index is 13.4. The standard InChI is InChI=1S/C6H5O.C5HBrFN.In/c7-6-4-2-1-3-5-6;1-4(7)5(2-6)3-8;/h2-5,7H;1H;. The van der Waals surface area contributed by atoms with Gasteiger partial charge in [-0.25, -0.2) is 0 Å². The number of phenolic OH excluding ortho intramolecular Hbond substituents is 1. The van der Waals surface area contributed by atoms with Crippen molar-refractivity contribution in [1.82, 2.24) is 0 Å². The van der Waals surface area contributed by atoms with E-state index in [1.54, 1.807) is 28.1 Å². The van der Waals surface area contributed by atoms with Gasteiger partial charge in [-0.1, -0.05) is 0 Å². The molecule has 1 heterocycles. The van der Waals surface area contributed by atoms with Crippen molar-refractivity contribution in [3.63, 3.8) is 0 Å². The summed E-state index contributed by atoms with van der Waals surface area (Å²) in [6, 6.07) is 8.63. The summed E-state index contributed by atoms with van der Waals surface area (Å²) in [5.41, 5.74) is 0.133. The number of aromatic hydroxyl groups is 1. The molecule has 0 spiro atoms. The fourth-order valence-electron chi connectivity index (χ4n) is 1.60. The van der Waals surface area contributed by atoms with Crippen LogP contribution >= 0.6 is 15.9 Å². The van der Waals surface area contributed by atoms with Gasteiger partial charge in [0.15, 0.2) is 0 Å². The molecule has 0 amide bonds. The van der Waals surface area contributed by atoms with Crippen LogP contribution in [-0.2, 0) is 0 Å². The van der Waals surface area contributed by atoms with Gasteiger partial charge in [-0.3, -0.25) is 0 Å². The van der Waals surface area contributed by atoms with Crippen molar-refractivity contribution < 1.29 is 9.50 Å². The predicted octanol–water partition coefficient (Wildman–Crippen LogP) is 2.21. The van der Waals surface area contributed by atoms with E-state index in [4.69, 9.17) is 5.26 Å². The third-order valence-electron chi connectivity index (χ3n) is 2.43. The second-order valence-corrected chi connectivity index (χ2v) is 13.9. The summed E-state index contributed by atoms with van der Waals surface area (Å²) in [6.07, 6.45) is 0. The number of halogens is 2. The topological polar surface area (TPSA) is 44.0 Å². The van der Waals surface area contributed by atoms with Crippen LogP contribution in [0, 0.1) is 11.3 Å². The molecule has 0 unspecified atom stereocenters. The summed E-state index contributed by atoms with van der Waals surface area (Å²) in [7, 11) is 0. The molecule has 2 nitrogen and oxygen atoms in total. The fourth-order valence-corrected chi connectivity index (χ4v) is 10.9. The van der Waals surface area contributed by atoms with Crippen molar-refractivity contribution in [2.75, 3.05) is 0 Å². The Morgan fingerprint density at radius 3 is 2.44 bits per heavy atom. The molecule has 1 aliphatic rings. The van der Waals surface area contributed by atoms with Gasteiger partial charge in [0.05, 0.1) is 0 Å². The van der Waals surface area contributed by atoms with Crippen molar-refractivity contribution >= 4 is 40.7 Å². The Balaban J connectivity index is 2.43. The zero-order valence-electron chi connectivity index (χ0n) is 8.11. The van der Waals surface area contributed by atoms with E-state index in [-0.39, 0.29) is 11.3 Å². The van der Waals surface area contributed by atoms with Crippen LogP contribution in [-0.4, -0.2) is 26.5 Å². The second-order valence-electron chi connectivity index (χ2n) is 3.42. The first-order valence-corrected chi connectivity index (χ1v) is 10.6. The summed E-state index contributed by atoms with van der Waals surface area (Å²) in [6.45, 7) is 0. The third-order valence-corrected chi connectivity index (χ3v) is 13.5. The van der Waals surface area contributed by atoms with Gasteiger partial charge in [-0.2, -0.15) is 0 Å². The SMILES string of the molecule is N#CC1=[C](Br)[In]([c]2ccc(O)cc2)[CH]=C1F. The monoisotopic (exact) mass is 381 g/mol. The first kappa shape index (κ1) is 11.7. The number of hydrogen-bond donors (Lipinski definition) is 1. The number of benzene rings is 1. The number of phenols is 1. The van der Waals surface area contributed by atoms with Crippen molar-refractivity contribution in [1.29, 1.82) is 5.26 Å². The first-order valence-electron chi connectivity index (χ1n) is 4.60. The maximum atomic E-state index is 13.4. The van der Waals surface area contributed by atoms with Crippen LogP contribution in [0.4, 0.5) is 4.39 Å². The zero-order valence-corrected chi connectivity index (χ0v) is 13.0. The van der Waals surface area contributed by atoms with Crippen LogP contribution in [0.15, 0.2) is 41.7 Å². The van der Waals surface area contributed by atoms with E-state index in [2.05, 4.69) is 15.9 Å². The van der Waals surface area contributed by atoms with Gasteiger partial charge in [0, 0.05) is 0 Å². The van der Waals surface area contributed by atoms with Gasteiger partial charge in [-0.05, 0) is 0 Å². The first-order chi connectivity index (χ1) is 7.63. The molecule has 0 aliphatic carbocycles. The van der Waals surface area contributed by atoms with E-state index in [1.807, 2.05) is 6.07 Å². The summed E-state index contributed by atoms with van der Waals surface area (Å²) < 4.78 is 16.8. The Kier molecular flexibility index (Phi) is 3.41. The minimum absolute atomic E-state index is 0.133. The molecule has 1 aromatic rings. The van der Waals surface area contributed by atoms with E-state index < -0.39 is 27.3 Å². The third kappa shape index (κ3) is 2.04. The Labute approximate surface area is 108 Å². The van der Waals surface area contributed by atoms with E-state index >= 15 is 0 Å². The van der Waals surface area contributed by atoms with E-state index in [9.17, 15) is 9.50 Å². The zero-order chi connectivity index (χ0) is 11.7. The quantitative estimate of drug-likeness (QED) is 0.810. The number of rotatable bonds is 1. The van der Waals surface area contributed by atoms with Crippen LogP contribution in [0.1, 0.15) is 0 Å². The van der Waals surface area contributed by atoms with Crippen LogP contribution in [0.3, 0.4) is 0 Å². The molecule has 0 saturated carbocycles. The molecular weight excluding hydrogens is 376 g/mol. The van der Waals surface area contributed by atoms with Gasteiger partial charge in [0.2, 0.25) is 0 Å². The Hall–Kier alpha value is -0.730. The Bertz CT molecular complexity index is 530. The molecule has 0 bridgehead atoms. The summed E-state index contributed by atoms with van der Waals surface area (Å²) in [5, 5.41) is 18.0. The molecule has 1 N–H and O–H groups in total. The summed E-state index contributed by atoms with van der Waals surface area (Å²) in [4.78, 5) is 0. The van der Waals surface area contributed by atoms with Gasteiger partial charge in [0.1, 0.15) is 0 Å². The van der Waals surface area contributed by atoms with Crippen molar-refractivity contribution in [3.05, 3.63) is 41.7 Å². The second kappa shape index (κ2) is 4.64. The molecule has 0 saturated heterocycles. The molecule has 0 atom stereocenters. The molecule has 0 fully saturated rings. The molecule has 2 rings (SSSR count). The number of nitrogens with zero attached hydrogens (tertiary/aromatic N) is 1. The molecule has 0 radical (unpaired) electrons. The van der Waals surface area contributed by atoms with Gasteiger partial charge in [0.25, 0.3) is 0 Å². The van der Waals surface area contributed by atoms with Crippen molar-refractivity contribution in [2.45, 2.75) is 0 Å². The summed E-state index contributed by atoms with van der Waals surface area (Å²) >= 11 is 0.803. The Morgan fingerprint density at radius 1 is 1.31 bits per heavy atom. The normalized spacial score (nSPS) is 15.1. The Morgan fingerprint density at radius 2 is 1.94 bits per heavy atom. The average molecular weight is 382 g/mol.